The number of hydrogen-bond acceptors (Lipinski definition) is 5. The minimum Gasteiger partial charge on any atom is -0.489 e. The van der Waals surface area contributed by atoms with Gasteiger partial charge in [-0.25, -0.2) is 4.79 Å². The van der Waals surface area contributed by atoms with Crippen molar-refractivity contribution in [3.8, 4) is 11.5 Å². The van der Waals surface area contributed by atoms with Crippen LogP contribution >= 0.6 is 11.6 Å². The Morgan fingerprint density at radius 1 is 1.15 bits per heavy atom. The summed E-state index contributed by atoms with van der Waals surface area (Å²) in [5.74, 6) is -0.290. The van der Waals surface area contributed by atoms with Gasteiger partial charge < -0.3 is 19.5 Å². The monoisotopic (exact) mass is 375 g/mol. The van der Waals surface area contributed by atoms with Crippen molar-refractivity contribution in [1.82, 2.24) is 0 Å². The Labute approximate surface area is 156 Å². The van der Waals surface area contributed by atoms with Crippen LogP contribution in [0, 0.1) is 0 Å². The molecule has 7 heteroatoms. The van der Waals surface area contributed by atoms with Crippen LogP contribution in [0.15, 0.2) is 42.5 Å². The summed E-state index contributed by atoms with van der Waals surface area (Å²) in [4.78, 5) is 24.5. The highest BCUT2D eigenvalue weighted by Crippen LogP contribution is 2.38. The summed E-state index contributed by atoms with van der Waals surface area (Å²) >= 11 is 6.18. The van der Waals surface area contributed by atoms with Crippen molar-refractivity contribution in [2.75, 3.05) is 18.5 Å². The quantitative estimate of drug-likeness (QED) is 0.825. The van der Waals surface area contributed by atoms with Gasteiger partial charge in [0.25, 0.3) is 5.91 Å². The fraction of sp³-hybridized carbons (Fsp3) is 0.263. The molecule has 0 aliphatic carbocycles. The van der Waals surface area contributed by atoms with Gasteiger partial charge in [0.15, 0.2) is 17.6 Å². The zero-order valence-electron chi connectivity index (χ0n) is 14.2. The van der Waals surface area contributed by atoms with Gasteiger partial charge in [0.1, 0.15) is 0 Å². The standard InChI is InChI=1S/C19H18ClNO5/c1-12(18(22)21-14-6-3-2-4-7-14)26-19(23)13-10-15(20)17-16(11-13)24-8-5-9-25-17/h2-4,6-7,10-12H,5,8-9H2,1H3,(H,21,22). The van der Waals surface area contributed by atoms with Gasteiger partial charge in [-0.3, -0.25) is 4.79 Å². The molecule has 1 aliphatic heterocycles. The molecule has 2 aromatic carbocycles. The molecule has 1 aliphatic rings. The molecule has 3 rings (SSSR count). The predicted molar refractivity (Wildman–Crippen MR) is 97.0 cm³/mol. The molecule has 1 atom stereocenters. The minimum atomic E-state index is -0.975. The van der Waals surface area contributed by atoms with Crippen LogP contribution in [-0.2, 0) is 9.53 Å². The fourth-order valence-corrected chi connectivity index (χ4v) is 2.66. The van der Waals surface area contributed by atoms with Crippen LogP contribution < -0.4 is 14.8 Å². The zero-order valence-corrected chi connectivity index (χ0v) is 14.9. The van der Waals surface area contributed by atoms with Gasteiger partial charge in [0, 0.05) is 12.1 Å². The molecule has 6 nitrogen and oxygen atoms in total. The van der Waals surface area contributed by atoms with Gasteiger partial charge in [0.05, 0.1) is 23.8 Å². The van der Waals surface area contributed by atoms with E-state index in [1.54, 1.807) is 24.3 Å². The average Bonchev–Trinajstić information content (AvgIpc) is 2.88. The summed E-state index contributed by atoms with van der Waals surface area (Å²) in [7, 11) is 0. The molecule has 2 aromatic rings. The lowest BCUT2D eigenvalue weighted by Gasteiger charge is -2.15. The van der Waals surface area contributed by atoms with Gasteiger partial charge in [-0.2, -0.15) is 0 Å². The second kappa shape index (κ2) is 8.10. The maximum absolute atomic E-state index is 12.4. The Morgan fingerprint density at radius 2 is 1.88 bits per heavy atom. The maximum Gasteiger partial charge on any atom is 0.339 e. The lowest BCUT2D eigenvalue weighted by atomic mass is 10.2. The maximum atomic E-state index is 12.4. The number of amides is 1. The van der Waals surface area contributed by atoms with Crippen molar-refractivity contribution >= 4 is 29.2 Å². The molecule has 0 spiro atoms. The smallest absolute Gasteiger partial charge is 0.339 e. The number of para-hydroxylation sites is 1. The molecule has 0 bridgehead atoms. The Balaban J connectivity index is 1.68. The first-order valence-corrected chi connectivity index (χ1v) is 8.58. The molecule has 0 radical (unpaired) electrons. The first-order valence-electron chi connectivity index (χ1n) is 8.20. The molecule has 0 fully saturated rings. The minimum absolute atomic E-state index is 0.193. The number of fused-ring (bicyclic) bond motifs is 1. The van der Waals surface area contributed by atoms with E-state index in [1.165, 1.54) is 19.1 Å². The first-order chi connectivity index (χ1) is 12.5. The molecule has 136 valence electrons. The topological polar surface area (TPSA) is 73.9 Å². The molecule has 1 amide bonds. The Hall–Kier alpha value is -2.73. The number of carbonyl (C=O) groups excluding carboxylic acids is 2. The van der Waals surface area contributed by atoms with E-state index in [-0.39, 0.29) is 10.6 Å². The number of nitrogens with one attached hydrogen (secondary N) is 1. The second-order valence-electron chi connectivity index (χ2n) is 5.74. The average molecular weight is 376 g/mol. The van der Waals surface area contributed by atoms with Gasteiger partial charge in [-0.1, -0.05) is 29.8 Å². The summed E-state index contributed by atoms with van der Waals surface area (Å²) < 4.78 is 16.3. The number of esters is 1. The molecule has 26 heavy (non-hydrogen) atoms. The predicted octanol–water partition coefficient (Wildman–Crippen LogP) is 3.69. The van der Waals surface area contributed by atoms with Crippen LogP contribution in [0.3, 0.4) is 0 Å². The van der Waals surface area contributed by atoms with Gasteiger partial charge in [-0.05, 0) is 31.2 Å². The number of hydrogen-bond donors (Lipinski definition) is 1. The van der Waals surface area contributed by atoms with Gasteiger partial charge >= 0.3 is 5.97 Å². The number of benzene rings is 2. The lowest BCUT2D eigenvalue weighted by Crippen LogP contribution is -2.30. The van der Waals surface area contributed by atoms with E-state index < -0.39 is 18.0 Å². The van der Waals surface area contributed by atoms with Crippen molar-refractivity contribution in [3.63, 3.8) is 0 Å². The third-order valence-electron chi connectivity index (χ3n) is 3.73. The van der Waals surface area contributed by atoms with Crippen LogP contribution in [0.2, 0.25) is 5.02 Å². The highest BCUT2D eigenvalue weighted by Gasteiger charge is 2.23. The van der Waals surface area contributed by atoms with Crippen LogP contribution in [0.5, 0.6) is 11.5 Å². The lowest BCUT2D eigenvalue weighted by molar-refractivity contribution is -0.123. The van der Waals surface area contributed by atoms with E-state index in [0.29, 0.717) is 30.4 Å². The van der Waals surface area contributed by atoms with Crippen molar-refractivity contribution in [3.05, 3.63) is 53.1 Å². The van der Waals surface area contributed by atoms with Crippen LogP contribution in [0.4, 0.5) is 5.69 Å². The van der Waals surface area contributed by atoms with Crippen molar-refractivity contribution in [2.24, 2.45) is 0 Å². The fourth-order valence-electron chi connectivity index (χ4n) is 2.40. The highest BCUT2D eigenvalue weighted by atomic mass is 35.5. The molecule has 0 saturated carbocycles. The largest absolute Gasteiger partial charge is 0.489 e. The Kier molecular flexibility index (Phi) is 5.63. The summed E-state index contributed by atoms with van der Waals surface area (Å²) in [6.45, 7) is 2.46. The van der Waals surface area contributed by atoms with Crippen LogP contribution in [0.25, 0.3) is 0 Å². The molecule has 1 unspecified atom stereocenters. The van der Waals surface area contributed by atoms with Gasteiger partial charge in [0.2, 0.25) is 0 Å². The van der Waals surface area contributed by atoms with Crippen molar-refractivity contribution < 1.29 is 23.8 Å². The summed E-state index contributed by atoms with van der Waals surface area (Å²) in [6.07, 6.45) is -0.251. The van der Waals surface area contributed by atoms with Gasteiger partial charge in [-0.15, -0.1) is 0 Å². The molecular formula is C19H18ClNO5. The molecule has 1 N–H and O–H groups in total. The third kappa shape index (κ3) is 4.26. The number of anilines is 1. The van der Waals surface area contributed by atoms with E-state index in [1.807, 2.05) is 6.07 Å². The normalized spacial score (nSPS) is 14.1. The first kappa shape index (κ1) is 18.1. The SMILES string of the molecule is CC(OC(=O)c1cc(Cl)c2c(c1)OCCCO2)C(=O)Nc1ccccc1. The van der Waals surface area contributed by atoms with Crippen LogP contribution in [0.1, 0.15) is 23.7 Å². The molecule has 0 aromatic heterocycles. The Morgan fingerprint density at radius 3 is 2.65 bits per heavy atom. The number of ether oxygens (including phenoxy) is 3. The molecule has 1 heterocycles. The molecule has 0 saturated heterocycles. The van der Waals surface area contributed by atoms with Crippen LogP contribution in [-0.4, -0.2) is 31.2 Å². The summed E-state index contributed by atoms with van der Waals surface area (Å²) in [6, 6.07) is 11.9. The van der Waals surface area contributed by atoms with E-state index in [9.17, 15) is 9.59 Å². The number of carbonyl (C=O) groups is 2. The summed E-state index contributed by atoms with van der Waals surface area (Å²) in [5, 5.41) is 2.94. The zero-order chi connectivity index (χ0) is 18.5. The number of rotatable bonds is 4. The number of halogens is 1. The Bertz CT molecular complexity index is 809. The second-order valence-corrected chi connectivity index (χ2v) is 6.15. The van der Waals surface area contributed by atoms with E-state index in [2.05, 4.69) is 5.32 Å². The van der Waals surface area contributed by atoms with E-state index >= 15 is 0 Å². The van der Waals surface area contributed by atoms with E-state index in [4.69, 9.17) is 25.8 Å². The van der Waals surface area contributed by atoms with Crippen molar-refractivity contribution in [2.45, 2.75) is 19.4 Å². The molecular weight excluding hydrogens is 358 g/mol. The van der Waals surface area contributed by atoms with Crippen molar-refractivity contribution in [1.29, 1.82) is 0 Å². The highest BCUT2D eigenvalue weighted by molar-refractivity contribution is 6.32. The van der Waals surface area contributed by atoms with E-state index in [0.717, 1.165) is 6.42 Å². The summed E-state index contributed by atoms with van der Waals surface area (Å²) in [5.41, 5.74) is 0.817. The third-order valence-corrected chi connectivity index (χ3v) is 4.01.